The van der Waals surface area contributed by atoms with Gasteiger partial charge in [-0.15, -0.1) is 0 Å². The van der Waals surface area contributed by atoms with Crippen molar-refractivity contribution in [3.05, 3.63) is 64.5 Å². The van der Waals surface area contributed by atoms with E-state index in [9.17, 15) is 9.59 Å². The molecule has 1 atom stereocenters. The van der Waals surface area contributed by atoms with Crippen LogP contribution in [0.5, 0.6) is 0 Å². The van der Waals surface area contributed by atoms with E-state index in [4.69, 9.17) is 5.11 Å². The number of carbonyl (C=O) groups excluding carboxylic acids is 1. The predicted octanol–water partition coefficient (Wildman–Crippen LogP) is 2.76. The number of carbonyl (C=O) groups is 2. The highest BCUT2D eigenvalue weighted by molar-refractivity contribution is 5.94. The Kier molecular flexibility index (Phi) is 5.11. The van der Waals surface area contributed by atoms with Gasteiger partial charge in [-0.3, -0.25) is 4.79 Å². The highest BCUT2D eigenvalue weighted by atomic mass is 16.4. The minimum Gasteiger partial charge on any atom is -0.477 e. The Morgan fingerprint density at radius 3 is 2.35 bits per heavy atom. The molecule has 0 fully saturated rings. The van der Waals surface area contributed by atoms with Gasteiger partial charge in [0.05, 0.1) is 0 Å². The van der Waals surface area contributed by atoms with Crippen molar-refractivity contribution in [3.63, 3.8) is 0 Å². The number of nitrogens with one attached hydrogen (secondary N) is 1. The van der Waals surface area contributed by atoms with Gasteiger partial charge in [0.1, 0.15) is 11.4 Å². The highest BCUT2D eigenvalue weighted by Crippen LogP contribution is 2.11. The van der Waals surface area contributed by atoms with Crippen molar-refractivity contribution in [2.45, 2.75) is 33.2 Å². The summed E-state index contributed by atoms with van der Waals surface area (Å²) >= 11 is 0. The van der Waals surface area contributed by atoms with Gasteiger partial charge in [0.25, 0.3) is 5.91 Å². The molecule has 0 bridgehead atoms. The second-order valence-electron chi connectivity index (χ2n) is 5.79. The molecule has 0 aliphatic heterocycles. The number of rotatable bonds is 5. The van der Waals surface area contributed by atoms with Crippen LogP contribution in [0.15, 0.2) is 36.4 Å². The molecule has 1 aromatic heterocycles. The quantitative estimate of drug-likeness (QED) is 0.889. The van der Waals surface area contributed by atoms with Crippen LogP contribution in [0.4, 0.5) is 0 Å². The van der Waals surface area contributed by atoms with E-state index in [1.807, 2.05) is 20.8 Å². The van der Waals surface area contributed by atoms with Crippen LogP contribution in [-0.4, -0.2) is 28.0 Å². The van der Waals surface area contributed by atoms with Gasteiger partial charge < -0.3 is 10.4 Å². The third-order valence-corrected chi connectivity index (χ3v) is 3.40. The van der Waals surface area contributed by atoms with Crippen molar-refractivity contribution in [1.82, 2.24) is 10.3 Å². The molecule has 0 radical (unpaired) electrons. The van der Waals surface area contributed by atoms with E-state index in [1.54, 1.807) is 0 Å². The molecule has 5 nitrogen and oxygen atoms in total. The Bertz CT molecular complexity index is 721. The second kappa shape index (κ2) is 7.05. The average Bonchev–Trinajstić information content (AvgIpc) is 2.46. The van der Waals surface area contributed by atoms with E-state index in [2.05, 4.69) is 28.5 Å². The third kappa shape index (κ3) is 4.64. The Morgan fingerprint density at radius 1 is 1.13 bits per heavy atom. The monoisotopic (exact) mass is 312 g/mol. The summed E-state index contributed by atoms with van der Waals surface area (Å²) in [6.45, 7) is 6.00. The number of hydrogen-bond acceptors (Lipinski definition) is 3. The number of carboxylic acids is 1. The number of carboxylic acid groups (broad SMARTS) is 1. The normalized spacial score (nSPS) is 11.8. The molecule has 1 unspecified atom stereocenters. The van der Waals surface area contributed by atoms with Gasteiger partial charge in [0, 0.05) is 6.04 Å². The summed E-state index contributed by atoms with van der Waals surface area (Å²) in [5.74, 6) is -1.52. The van der Waals surface area contributed by atoms with Crippen molar-refractivity contribution >= 4 is 11.9 Å². The number of aryl methyl sites for hydroxylation is 2. The lowest BCUT2D eigenvalue weighted by molar-refractivity contribution is 0.0690. The summed E-state index contributed by atoms with van der Waals surface area (Å²) in [5.41, 5.74) is 3.50. The topological polar surface area (TPSA) is 79.3 Å². The zero-order valence-electron chi connectivity index (χ0n) is 13.5. The lowest BCUT2D eigenvalue weighted by atomic mass is 10.0. The van der Waals surface area contributed by atoms with Crippen LogP contribution in [0.3, 0.4) is 0 Å². The first-order valence-corrected chi connectivity index (χ1v) is 7.43. The van der Waals surface area contributed by atoms with E-state index in [0.717, 1.165) is 5.56 Å². The number of nitrogens with zero attached hydrogens (tertiary/aromatic N) is 1. The molecule has 0 aliphatic rings. The minimum absolute atomic E-state index is 0.0843. The van der Waals surface area contributed by atoms with E-state index in [1.165, 1.54) is 29.3 Å². The molecule has 2 N–H and O–H groups in total. The molecule has 0 aliphatic carbocycles. The minimum atomic E-state index is -1.15. The maximum Gasteiger partial charge on any atom is 0.354 e. The molecule has 120 valence electrons. The molecule has 1 aromatic carbocycles. The van der Waals surface area contributed by atoms with Crippen LogP contribution in [0, 0.1) is 13.8 Å². The summed E-state index contributed by atoms with van der Waals surface area (Å²) in [6.07, 6.45) is 0.701. The van der Waals surface area contributed by atoms with Crippen LogP contribution in [-0.2, 0) is 6.42 Å². The molecule has 1 heterocycles. The van der Waals surface area contributed by atoms with Crippen LogP contribution in [0.25, 0.3) is 0 Å². The van der Waals surface area contributed by atoms with Gasteiger partial charge in [-0.25, -0.2) is 9.78 Å². The fraction of sp³-hybridized carbons (Fsp3) is 0.278. The van der Waals surface area contributed by atoms with E-state index < -0.39 is 5.97 Å². The van der Waals surface area contributed by atoms with Crippen LogP contribution < -0.4 is 5.32 Å². The summed E-state index contributed by atoms with van der Waals surface area (Å²) in [7, 11) is 0. The first kappa shape index (κ1) is 16.7. The summed E-state index contributed by atoms with van der Waals surface area (Å²) < 4.78 is 0. The van der Waals surface area contributed by atoms with E-state index in [0.29, 0.717) is 6.42 Å². The number of pyridine rings is 1. The Hall–Kier alpha value is -2.69. The van der Waals surface area contributed by atoms with Crippen molar-refractivity contribution in [1.29, 1.82) is 0 Å². The number of aromatic nitrogens is 1. The van der Waals surface area contributed by atoms with Crippen molar-refractivity contribution < 1.29 is 14.7 Å². The molecule has 2 rings (SSSR count). The molecular formula is C18H20N2O3. The third-order valence-electron chi connectivity index (χ3n) is 3.40. The van der Waals surface area contributed by atoms with Crippen molar-refractivity contribution in [3.8, 4) is 0 Å². The number of amides is 1. The molecular weight excluding hydrogens is 292 g/mol. The number of aromatic carboxylic acids is 1. The molecule has 5 heteroatoms. The van der Waals surface area contributed by atoms with Crippen molar-refractivity contribution in [2.24, 2.45) is 0 Å². The van der Waals surface area contributed by atoms with Gasteiger partial charge in [0.15, 0.2) is 0 Å². The fourth-order valence-electron chi connectivity index (χ4n) is 2.57. The predicted molar refractivity (Wildman–Crippen MR) is 87.7 cm³/mol. The standard InChI is InChI=1S/C18H20N2O3/c1-11-7-12(2)9-14(8-11)10-13(3)19-17(21)15-5-4-6-16(20-15)18(22)23/h4-9,13H,10H2,1-3H3,(H,19,21)(H,22,23). The largest absolute Gasteiger partial charge is 0.477 e. The fourth-order valence-corrected chi connectivity index (χ4v) is 2.57. The lowest BCUT2D eigenvalue weighted by Crippen LogP contribution is -2.34. The molecule has 23 heavy (non-hydrogen) atoms. The van der Waals surface area contributed by atoms with E-state index in [-0.39, 0.29) is 23.3 Å². The van der Waals surface area contributed by atoms with E-state index >= 15 is 0 Å². The first-order valence-electron chi connectivity index (χ1n) is 7.43. The average molecular weight is 312 g/mol. The SMILES string of the molecule is Cc1cc(C)cc(CC(C)NC(=O)c2cccc(C(=O)O)n2)c1. The number of hydrogen-bond donors (Lipinski definition) is 2. The summed E-state index contributed by atoms with van der Waals surface area (Å²) in [5, 5.41) is 11.8. The van der Waals surface area contributed by atoms with Crippen LogP contribution in [0.2, 0.25) is 0 Å². The first-order chi connectivity index (χ1) is 10.8. The lowest BCUT2D eigenvalue weighted by Gasteiger charge is -2.14. The van der Waals surface area contributed by atoms with Gasteiger partial charge in [-0.2, -0.15) is 0 Å². The summed E-state index contributed by atoms with van der Waals surface area (Å²) in [4.78, 5) is 26.9. The molecule has 0 spiro atoms. The van der Waals surface area contributed by atoms with Crippen LogP contribution in [0.1, 0.15) is 44.6 Å². The van der Waals surface area contributed by atoms with Gasteiger partial charge in [-0.05, 0) is 44.9 Å². The maximum atomic E-state index is 12.2. The van der Waals surface area contributed by atoms with Crippen LogP contribution >= 0.6 is 0 Å². The van der Waals surface area contributed by atoms with Gasteiger partial charge >= 0.3 is 5.97 Å². The Balaban J connectivity index is 2.04. The van der Waals surface area contributed by atoms with Crippen molar-refractivity contribution in [2.75, 3.05) is 0 Å². The molecule has 1 amide bonds. The highest BCUT2D eigenvalue weighted by Gasteiger charge is 2.14. The zero-order valence-corrected chi connectivity index (χ0v) is 13.5. The summed E-state index contributed by atoms with van der Waals surface area (Å²) in [6, 6.07) is 10.6. The molecule has 0 saturated heterocycles. The molecule has 0 saturated carbocycles. The molecule has 2 aromatic rings. The number of benzene rings is 1. The second-order valence-corrected chi connectivity index (χ2v) is 5.79. The van der Waals surface area contributed by atoms with Gasteiger partial charge in [-0.1, -0.05) is 35.4 Å². The Morgan fingerprint density at radius 2 is 1.74 bits per heavy atom. The zero-order chi connectivity index (χ0) is 17.0. The Labute approximate surface area is 135 Å². The smallest absolute Gasteiger partial charge is 0.354 e. The van der Waals surface area contributed by atoms with Gasteiger partial charge in [0.2, 0.25) is 0 Å². The maximum absolute atomic E-state index is 12.2.